The number of anilines is 1. The number of rotatable bonds is 5. The summed E-state index contributed by atoms with van der Waals surface area (Å²) in [5.74, 6) is 0.166. The van der Waals surface area contributed by atoms with E-state index in [-0.39, 0.29) is 11.6 Å². The summed E-state index contributed by atoms with van der Waals surface area (Å²) in [5.41, 5.74) is 3.44. The Morgan fingerprint density at radius 3 is 2.23 bits per heavy atom. The van der Waals surface area contributed by atoms with Crippen LogP contribution in [0, 0.1) is 6.92 Å². The average Bonchev–Trinajstić information content (AvgIpc) is 2.73. The van der Waals surface area contributed by atoms with E-state index in [1.807, 2.05) is 61.5 Å². The minimum absolute atomic E-state index is 0.0167. The van der Waals surface area contributed by atoms with E-state index in [1.165, 1.54) is 7.11 Å². The lowest BCUT2D eigenvalue weighted by Crippen LogP contribution is -2.45. The second kappa shape index (κ2) is 8.89. The quantitative estimate of drug-likeness (QED) is 0.426. The predicted octanol–water partition coefficient (Wildman–Crippen LogP) is 5.94. The summed E-state index contributed by atoms with van der Waals surface area (Å²) in [5, 5.41) is 1.77. The molecule has 31 heavy (non-hydrogen) atoms. The van der Waals surface area contributed by atoms with Crippen LogP contribution in [0.15, 0.2) is 65.9 Å². The van der Waals surface area contributed by atoms with Crippen LogP contribution in [0.5, 0.6) is 0 Å². The normalized spacial score (nSPS) is 17.5. The molecule has 0 aliphatic carbocycles. The number of hydroxylamine groups is 1. The summed E-state index contributed by atoms with van der Waals surface area (Å²) in [6.45, 7) is 13.1. The van der Waals surface area contributed by atoms with Gasteiger partial charge in [-0.2, -0.15) is 0 Å². The fourth-order valence-electron chi connectivity index (χ4n) is 3.28. The Kier molecular flexibility index (Phi) is 6.62. The lowest BCUT2D eigenvalue weighted by Gasteiger charge is -2.42. The molecule has 0 bridgehead atoms. The van der Waals surface area contributed by atoms with Crippen LogP contribution in [-0.2, 0) is 18.8 Å². The molecule has 5 nitrogen and oxygen atoms in total. The van der Waals surface area contributed by atoms with E-state index in [1.54, 1.807) is 5.06 Å². The molecule has 0 saturated carbocycles. The second-order valence-corrected chi connectivity index (χ2v) is 14.2. The van der Waals surface area contributed by atoms with E-state index in [9.17, 15) is 4.79 Å². The zero-order valence-corrected chi connectivity index (χ0v) is 20.6. The number of nitrogens with zero attached hydrogens (tertiary/aromatic N) is 1. The molecule has 0 N–H and O–H groups in total. The Labute approximate surface area is 186 Å². The van der Waals surface area contributed by atoms with Crippen LogP contribution in [0.25, 0.3) is 0 Å². The number of esters is 1. The van der Waals surface area contributed by atoms with Gasteiger partial charge in [0.05, 0.1) is 12.8 Å². The SMILES string of the molecule is COC(=O)C1=C(O[Si](C)(C)C(C)(C)C)CON(c2ccccc2)C1c1ccc(C)cc1. The fraction of sp³-hybridized carbons (Fsp3) is 0.400. The molecule has 166 valence electrons. The van der Waals surface area contributed by atoms with Crippen molar-refractivity contribution in [1.29, 1.82) is 0 Å². The third-order valence-corrected chi connectivity index (χ3v) is 10.5. The van der Waals surface area contributed by atoms with Crippen molar-refractivity contribution < 1.29 is 18.8 Å². The Morgan fingerprint density at radius 1 is 1.06 bits per heavy atom. The largest absolute Gasteiger partial charge is 0.544 e. The zero-order chi connectivity index (χ0) is 22.8. The molecule has 2 aromatic rings. The highest BCUT2D eigenvalue weighted by atomic mass is 28.4. The summed E-state index contributed by atoms with van der Waals surface area (Å²) in [6.07, 6.45) is 0. The molecule has 6 heteroatoms. The van der Waals surface area contributed by atoms with Gasteiger partial charge in [0.15, 0.2) is 0 Å². The molecule has 0 spiro atoms. The van der Waals surface area contributed by atoms with E-state index in [2.05, 4.69) is 33.9 Å². The van der Waals surface area contributed by atoms with Crippen molar-refractivity contribution in [1.82, 2.24) is 0 Å². The smallest absolute Gasteiger partial charge is 0.339 e. The first-order chi connectivity index (χ1) is 14.5. The highest BCUT2D eigenvalue weighted by Crippen LogP contribution is 2.43. The number of methoxy groups -OCH3 is 1. The van der Waals surface area contributed by atoms with Crippen molar-refractivity contribution in [2.24, 2.45) is 0 Å². The second-order valence-electron chi connectivity index (χ2n) is 9.44. The van der Waals surface area contributed by atoms with Crippen molar-refractivity contribution in [2.45, 2.75) is 51.9 Å². The van der Waals surface area contributed by atoms with Gasteiger partial charge in [-0.1, -0.05) is 68.8 Å². The maximum absolute atomic E-state index is 13.1. The molecule has 1 heterocycles. The lowest BCUT2D eigenvalue weighted by molar-refractivity contribution is -0.137. The number of hydrogen-bond acceptors (Lipinski definition) is 5. The highest BCUT2D eigenvalue weighted by Gasteiger charge is 2.44. The van der Waals surface area contributed by atoms with Gasteiger partial charge in [-0.15, -0.1) is 0 Å². The van der Waals surface area contributed by atoms with Crippen LogP contribution >= 0.6 is 0 Å². The molecule has 1 unspecified atom stereocenters. The van der Waals surface area contributed by atoms with Gasteiger partial charge in [-0.3, -0.25) is 4.84 Å². The Morgan fingerprint density at radius 2 is 1.68 bits per heavy atom. The molecule has 0 aromatic heterocycles. The van der Waals surface area contributed by atoms with E-state index in [4.69, 9.17) is 14.0 Å². The number of benzene rings is 2. The summed E-state index contributed by atoms with van der Waals surface area (Å²) >= 11 is 0. The van der Waals surface area contributed by atoms with Gasteiger partial charge in [-0.25, -0.2) is 9.86 Å². The standard InChI is InChI=1S/C25H33NO4Si/c1-18-13-15-19(16-14-18)23-22(24(27)28-5)21(30-31(6,7)25(2,3)4)17-29-26(23)20-11-9-8-10-12-20/h8-16,23H,17H2,1-7H3. The first-order valence-corrected chi connectivity index (χ1v) is 13.5. The molecule has 1 aliphatic heterocycles. The van der Waals surface area contributed by atoms with Gasteiger partial charge in [0, 0.05) is 0 Å². The van der Waals surface area contributed by atoms with Crippen molar-refractivity contribution >= 4 is 20.0 Å². The summed E-state index contributed by atoms with van der Waals surface area (Å²) < 4.78 is 11.8. The maximum Gasteiger partial charge on any atom is 0.339 e. The average molecular weight is 440 g/mol. The highest BCUT2D eigenvalue weighted by molar-refractivity contribution is 6.74. The topological polar surface area (TPSA) is 48.0 Å². The molecule has 1 aliphatic rings. The minimum Gasteiger partial charge on any atom is -0.544 e. The monoisotopic (exact) mass is 439 g/mol. The zero-order valence-electron chi connectivity index (χ0n) is 19.6. The van der Waals surface area contributed by atoms with E-state index >= 15 is 0 Å². The van der Waals surface area contributed by atoms with Crippen molar-refractivity contribution in [2.75, 3.05) is 18.8 Å². The van der Waals surface area contributed by atoms with Gasteiger partial charge in [0.1, 0.15) is 24.0 Å². The predicted molar refractivity (Wildman–Crippen MR) is 126 cm³/mol. The number of ether oxygens (including phenoxy) is 1. The van der Waals surface area contributed by atoms with Crippen LogP contribution in [0.2, 0.25) is 18.1 Å². The number of aryl methyl sites for hydroxylation is 1. The van der Waals surface area contributed by atoms with Gasteiger partial charge in [0.2, 0.25) is 8.32 Å². The van der Waals surface area contributed by atoms with Gasteiger partial charge in [-0.05, 0) is 42.8 Å². The molecule has 0 amide bonds. The Hall–Kier alpha value is -2.57. The first kappa shape index (κ1) is 23.1. The third-order valence-electron chi connectivity index (χ3n) is 6.14. The van der Waals surface area contributed by atoms with Gasteiger partial charge >= 0.3 is 5.97 Å². The molecule has 1 atom stereocenters. The van der Waals surface area contributed by atoms with Gasteiger partial charge in [0.25, 0.3) is 0 Å². The molecule has 3 rings (SSSR count). The fourth-order valence-corrected chi connectivity index (χ4v) is 4.37. The third kappa shape index (κ3) is 4.86. The van der Waals surface area contributed by atoms with Crippen LogP contribution < -0.4 is 5.06 Å². The van der Waals surface area contributed by atoms with E-state index < -0.39 is 20.3 Å². The molecule has 2 aromatic carbocycles. The van der Waals surface area contributed by atoms with Crippen LogP contribution in [0.1, 0.15) is 37.9 Å². The van der Waals surface area contributed by atoms with Crippen molar-refractivity contribution in [3.63, 3.8) is 0 Å². The Balaban J connectivity index is 2.18. The summed E-state index contributed by atoms with van der Waals surface area (Å²) in [7, 11) is -0.787. The minimum atomic E-state index is -2.20. The molecule has 0 fully saturated rings. The summed E-state index contributed by atoms with van der Waals surface area (Å²) in [4.78, 5) is 19.3. The first-order valence-electron chi connectivity index (χ1n) is 10.6. The van der Waals surface area contributed by atoms with Crippen LogP contribution in [0.3, 0.4) is 0 Å². The Bertz CT molecular complexity index is 946. The van der Waals surface area contributed by atoms with E-state index in [0.717, 1.165) is 16.8 Å². The number of hydrogen-bond donors (Lipinski definition) is 0. The van der Waals surface area contributed by atoms with Crippen LogP contribution in [-0.4, -0.2) is 28.0 Å². The van der Waals surface area contributed by atoms with Crippen molar-refractivity contribution in [3.8, 4) is 0 Å². The number of carbonyl (C=O) groups excluding carboxylic acids is 1. The molecule has 0 radical (unpaired) electrons. The molecular formula is C25H33NO4Si. The number of para-hydroxylation sites is 1. The van der Waals surface area contributed by atoms with Gasteiger partial charge < -0.3 is 9.16 Å². The van der Waals surface area contributed by atoms with Crippen LogP contribution in [0.4, 0.5) is 5.69 Å². The lowest BCUT2D eigenvalue weighted by atomic mass is 9.95. The maximum atomic E-state index is 13.1. The summed E-state index contributed by atoms with van der Waals surface area (Å²) in [6, 6.07) is 17.4. The van der Waals surface area contributed by atoms with Crippen molar-refractivity contribution in [3.05, 3.63) is 77.1 Å². The molecular weight excluding hydrogens is 406 g/mol. The van der Waals surface area contributed by atoms with E-state index in [0.29, 0.717) is 11.3 Å². The number of carbonyl (C=O) groups is 1. The molecule has 0 saturated heterocycles.